The number of hydrogen-bond donors (Lipinski definition) is 0. The second kappa shape index (κ2) is 9.52. The Balaban J connectivity index is 1.28. The van der Waals surface area contributed by atoms with Gasteiger partial charge in [-0.1, -0.05) is 60.7 Å². The first-order valence-corrected chi connectivity index (χ1v) is 9.80. The van der Waals surface area contributed by atoms with E-state index in [2.05, 4.69) is 0 Å². The van der Waals surface area contributed by atoms with E-state index in [1.54, 1.807) is 12.2 Å². The van der Waals surface area contributed by atoms with Gasteiger partial charge in [-0.05, 0) is 23.3 Å². The number of hydrogen-bond acceptors (Lipinski definition) is 6. The normalized spacial score (nSPS) is 25.5. The topological polar surface area (TPSA) is 71.1 Å². The molecule has 2 aliphatic rings. The number of esters is 2. The van der Waals surface area contributed by atoms with Crippen molar-refractivity contribution in [2.45, 2.75) is 24.4 Å². The van der Waals surface area contributed by atoms with Crippen LogP contribution in [0.5, 0.6) is 0 Å². The number of carbonyl (C=O) groups excluding carboxylic acids is 2. The van der Waals surface area contributed by atoms with Crippen LogP contribution in [0.1, 0.15) is 11.1 Å². The third-order valence-corrected chi connectivity index (χ3v) is 4.92. The van der Waals surface area contributed by atoms with Crippen molar-refractivity contribution in [3.8, 4) is 0 Å². The Kier molecular flexibility index (Phi) is 6.37. The molecular formula is C24H22O6. The van der Waals surface area contributed by atoms with E-state index in [9.17, 15) is 9.59 Å². The lowest BCUT2D eigenvalue weighted by molar-refractivity contribution is -0.149. The Labute approximate surface area is 174 Å². The molecule has 2 aromatic carbocycles. The molecule has 2 saturated heterocycles. The van der Waals surface area contributed by atoms with E-state index in [1.165, 1.54) is 12.2 Å². The SMILES string of the molecule is O=C(/C=C\c1ccccc1)OC1COC2C(OC(=O)/C=C/c3ccccc3)COC12. The molecule has 0 aromatic heterocycles. The van der Waals surface area contributed by atoms with Crippen LogP contribution in [0.2, 0.25) is 0 Å². The molecule has 4 atom stereocenters. The van der Waals surface area contributed by atoms with Crippen LogP contribution in [0, 0.1) is 0 Å². The minimum absolute atomic E-state index is 0.203. The van der Waals surface area contributed by atoms with Crippen molar-refractivity contribution in [1.29, 1.82) is 0 Å². The zero-order valence-corrected chi connectivity index (χ0v) is 16.3. The summed E-state index contributed by atoms with van der Waals surface area (Å²) in [6, 6.07) is 19.0. The fourth-order valence-corrected chi connectivity index (χ4v) is 3.46. The minimum atomic E-state index is -0.536. The molecule has 6 heteroatoms. The van der Waals surface area contributed by atoms with Gasteiger partial charge >= 0.3 is 11.9 Å². The number of benzene rings is 2. The van der Waals surface area contributed by atoms with Crippen molar-refractivity contribution >= 4 is 24.1 Å². The molecule has 0 bridgehead atoms. The van der Waals surface area contributed by atoms with E-state index in [1.807, 2.05) is 60.7 Å². The summed E-state index contributed by atoms with van der Waals surface area (Å²) in [4.78, 5) is 24.3. The number of ether oxygens (including phenoxy) is 4. The molecule has 0 N–H and O–H groups in total. The molecule has 2 heterocycles. The average molecular weight is 406 g/mol. The molecule has 0 amide bonds. The van der Waals surface area contributed by atoms with E-state index < -0.39 is 36.4 Å². The van der Waals surface area contributed by atoms with Crippen LogP contribution in [0.25, 0.3) is 12.2 Å². The highest BCUT2D eigenvalue weighted by molar-refractivity contribution is 5.87. The highest BCUT2D eigenvalue weighted by atomic mass is 16.7. The van der Waals surface area contributed by atoms with Crippen molar-refractivity contribution in [2.75, 3.05) is 13.2 Å². The summed E-state index contributed by atoms with van der Waals surface area (Å²) in [5, 5.41) is 0. The van der Waals surface area contributed by atoms with Gasteiger partial charge in [-0.15, -0.1) is 0 Å². The first-order valence-electron chi connectivity index (χ1n) is 9.80. The van der Waals surface area contributed by atoms with Gasteiger partial charge < -0.3 is 18.9 Å². The predicted octanol–water partition coefficient (Wildman–Crippen LogP) is 3.03. The third-order valence-electron chi connectivity index (χ3n) is 4.92. The van der Waals surface area contributed by atoms with Gasteiger partial charge in [0.1, 0.15) is 12.2 Å². The van der Waals surface area contributed by atoms with Crippen molar-refractivity contribution < 1.29 is 28.5 Å². The lowest BCUT2D eigenvalue weighted by Crippen LogP contribution is -2.35. The summed E-state index contributed by atoms with van der Waals surface area (Å²) in [5.41, 5.74) is 1.81. The highest BCUT2D eigenvalue weighted by Crippen LogP contribution is 2.30. The maximum atomic E-state index is 12.1. The molecule has 2 aromatic rings. The van der Waals surface area contributed by atoms with Gasteiger partial charge in [0, 0.05) is 12.2 Å². The van der Waals surface area contributed by atoms with Crippen LogP contribution < -0.4 is 0 Å². The first-order chi connectivity index (χ1) is 14.7. The summed E-state index contributed by atoms with van der Waals surface area (Å²) >= 11 is 0. The maximum absolute atomic E-state index is 12.1. The Morgan fingerprint density at radius 3 is 1.50 bits per heavy atom. The molecule has 0 radical (unpaired) electrons. The molecule has 0 aliphatic carbocycles. The van der Waals surface area contributed by atoms with Crippen molar-refractivity contribution in [3.63, 3.8) is 0 Å². The Morgan fingerprint density at radius 1 is 0.700 bits per heavy atom. The van der Waals surface area contributed by atoms with Gasteiger partial charge in [-0.2, -0.15) is 0 Å². The van der Waals surface area contributed by atoms with E-state index in [-0.39, 0.29) is 13.2 Å². The largest absolute Gasteiger partial charge is 0.454 e. The van der Waals surface area contributed by atoms with Crippen LogP contribution in [-0.2, 0) is 28.5 Å². The maximum Gasteiger partial charge on any atom is 0.331 e. The van der Waals surface area contributed by atoms with E-state index in [0.717, 1.165) is 11.1 Å². The van der Waals surface area contributed by atoms with Crippen molar-refractivity contribution in [3.05, 3.63) is 83.9 Å². The quantitative estimate of drug-likeness (QED) is 0.543. The number of fused-ring (bicyclic) bond motifs is 1. The van der Waals surface area contributed by atoms with Crippen molar-refractivity contribution in [2.24, 2.45) is 0 Å². The fourth-order valence-electron chi connectivity index (χ4n) is 3.46. The summed E-state index contributed by atoms with van der Waals surface area (Å²) in [7, 11) is 0. The molecule has 4 unspecified atom stereocenters. The van der Waals surface area contributed by atoms with E-state index >= 15 is 0 Å². The lowest BCUT2D eigenvalue weighted by atomic mass is 10.1. The summed E-state index contributed by atoms with van der Waals surface area (Å²) in [6.07, 6.45) is 4.17. The van der Waals surface area contributed by atoms with Crippen LogP contribution in [0.4, 0.5) is 0 Å². The molecule has 6 nitrogen and oxygen atoms in total. The molecule has 154 valence electrons. The second-order valence-electron chi connectivity index (χ2n) is 7.03. The molecule has 0 spiro atoms. The van der Waals surface area contributed by atoms with Gasteiger partial charge in [-0.25, -0.2) is 9.59 Å². The Hall–Kier alpha value is -3.22. The van der Waals surface area contributed by atoms with E-state index in [4.69, 9.17) is 18.9 Å². The number of rotatable bonds is 6. The van der Waals surface area contributed by atoms with Crippen LogP contribution >= 0.6 is 0 Å². The van der Waals surface area contributed by atoms with Crippen LogP contribution in [0.15, 0.2) is 72.8 Å². The highest BCUT2D eigenvalue weighted by Gasteiger charge is 2.50. The third kappa shape index (κ3) is 5.03. The van der Waals surface area contributed by atoms with Gasteiger partial charge in [0.2, 0.25) is 0 Å². The molecule has 2 fully saturated rings. The molecular weight excluding hydrogens is 384 g/mol. The van der Waals surface area contributed by atoms with E-state index in [0.29, 0.717) is 0 Å². The number of carbonyl (C=O) groups is 2. The lowest BCUT2D eigenvalue weighted by Gasteiger charge is -2.16. The standard InChI is InChI=1S/C24H22O6/c25-21(13-11-17-7-3-1-4-8-17)29-19-15-27-24-20(16-28-23(19)24)30-22(26)14-12-18-9-5-2-6-10-18/h1-14,19-20,23-24H,15-16H2/b13-11-,14-12+. The predicted molar refractivity (Wildman–Crippen MR) is 110 cm³/mol. The molecule has 2 aliphatic heterocycles. The summed E-state index contributed by atoms with van der Waals surface area (Å²) in [6.45, 7) is 0.405. The fraction of sp³-hybridized carbons (Fsp3) is 0.250. The zero-order valence-electron chi connectivity index (χ0n) is 16.3. The minimum Gasteiger partial charge on any atom is -0.454 e. The average Bonchev–Trinajstić information content (AvgIpc) is 3.36. The summed E-state index contributed by atoms with van der Waals surface area (Å²) < 4.78 is 22.4. The van der Waals surface area contributed by atoms with Gasteiger partial charge in [0.15, 0.2) is 12.2 Å². The first kappa shape index (κ1) is 20.1. The molecule has 4 rings (SSSR count). The monoisotopic (exact) mass is 406 g/mol. The van der Waals surface area contributed by atoms with Gasteiger partial charge in [-0.3, -0.25) is 0 Å². The molecule has 0 saturated carbocycles. The van der Waals surface area contributed by atoms with Gasteiger partial charge in [0.05, 0.1) is 13.2 Å². The zero-order chi connectivity index (χ0) is 20.8. The Bertz CT molecular complexity index is 844. The van der Waals surface area contributed by atoms with Crippen LogP contribution in [-0.4, -0.2) is 49.6 Å². The second-order valence-corrected chi connectivity index (χ2v) is 7.03. The Morgan fingerprint density at radius 2 is 1.10 bits per heavy atom. The van der Waals surface area contributed by atoms with Gasteiger partial charge in [0.25, 0.3) is 0 Å². The smallest absolute Gasteiger partial charge is 0.331 e. The summed E-state index contributed by atoms with van der Waals surface area (Å²) in [5.74, 6) is -0.939. The molecule has 30 heavy (non-hydrogen) atoms. The van der Waals surface area contributed by atoms with Crippen molar-refractivity contribution in [1.82, 2.24) is 0 Å². The van der Waals surface area contributed by atoms with Crippen LogP contribution in [0.3, 0.4) is 0 Å².